The molecule has 3 nitrogen and oxygen atoms in total. The average molecular weight is 257 g/mol. The summed E-state index contributed by atoms with van der Waals surface area (Å²) < 4.78 is 31.6. The molecule has 0 amide bonds. The zero-order valence-corrected chi connectivity index (χ0v) is 10.3. The van der Waals surface area contributed by atoms with E-state index in [-0.39, 0.29) is 12.3 Å². The lowest BCUT2D eigenvalue weighted by Gasteiger charge is -2.07. The number of hydrogen-bond acceptors (Lipinski definition) is 3. The first-order valence-electron chi connectivity index (χ1n) is 5.98. The number of rotatable bonds is 6. The molecular weight excluding hydrogens is 240 g/mol. The molecule has 0 atom stereocenters. The Labute approximate surface area is 105 Å². The van der Waals surface area contributed by atoms with Gasteiger partial charge in [-0.15, -0.1) is 0 Å². The number of carbonyl (C=O) groups is 1. The SMILES string of the molecule is CCCCCCOC(=O)c1c(F)ccc(N)c1F. The molecule has 0 saturated carbocycles. The minimum atomic E-state index is -1.06. The summed E-state index contributed by atoms with van der Waals surface area (Å²) in [5.74, 6) is -3.03. The van der Waals surface area contributed by atoms with Gasteiger partial charge < -0.3 is 10.5 Å². The fourth-order valence-corrected chi connectivity index (χ4v) is 1.52. The minimum absolute atomic E-state index is 0.159. The summed E-state index contributed by atoms with van der Waals surface area (Å²) in [5.41, 5.74) is 4.29. The molecule has 0 spiro atoms. The fourth-order valence-electron chi connectivity index (χ4n) is 1.52. The van der Waals surface area contributed by atoms with E-state index in [4.69, 9.17) is 10.5 Å². The quantitative estimate of drug-likeness (QED) is 0.483. The van der Waals surface area contributed by atoms with Crippen molar-refractivity contribution in [3.8, 4) is 0 Å². The Bertz CT molecular complexity index is 422. The molecule has 1 rings (SSSR count). The number of nitrogens with two attached hydrogens (primary N) is 1. The molecule has 0 aliphatic rings. The highest BCUT2D eigenvalue weighted by Gasteiger charge is 2.20. The molecular formula is C13H17F2NO2. The smallest absolute Gasteiger partial charge is 0.344 e. The Morgan fingerprint density at radius 3 is 2.67 bits per heavy atom. The summed E-state index contributed by atoms with van der Waals surface area (Å²) in [6.07, 6.45) is 3.71. The summed E-state index contributed by atoms with van der Waals surface area (Å²) in [6.45, 7) is 2.22. The summed E-state index contributed by atoms with van der Waals surface area (Å²) in [4.78, 5) is 11.5. The number of anilines is 1. The van der Waals surface area contributed by atoms with Crippen LogP contribution < -0.4 is 5.73 Å². The normalized spacial score (nSPS) is 10.4. The van der Waals surface area contributed by atoms with Gasteiger partial charge >= 0.3 is 5.97 Å². The average Bonchev–Trinajstić information content (AvgIpc) is 2.34. The predicted molar refractivity (Wildman–Crippen MR) is 65.2 cm³/mol. The fraction of sp³-hybridized carbons (Fsp3) is 0.462. The first-order chi connectivity index (χ1) is 8.57. The van der Waals surface area contributed by atoms with E-state index in [0.29, 0.717) is 6.42 Å². The third-order valence-corrected chi connectivity index (χ3v) is 2.56. The molecule has 100 valence electrons. The van der Waals surface area contributed by atoms with Crippen LogP contribution in [0.3, 0.4) is 0 Å². The van der Waals surface area contributed by atoms with Gasteiger partial charge in [0.25, 0.3) is 0 Å². The van der Waals surface area contributed by atoms with E-state index in [1.807, 2.05) is 0 Å². The Hall–Kier alpha value is -1.65. The Morgan fingerprint density at radius 1 is 1.28 bits per heavy atom. The largest absolute Gasteiger partial charge is 0.462 e. The molecule has 1 aromatic carbocycles. The second-order valence-corrected chi connectivity index (χ2v) is 4.02. The summed E-state index contributed by atoms with van der Waals surface area (Å²) >= 11 is 0. The zero-order valence-electron chi connectivity index (χ0n) is 10.3. The van der Waals surface area contributed by atoms with E-state index in [1.54, 1.807) is 0 Å². The Morgan fingerprint density at radius 2 is 2.00 bits per heavy atom. The first kappa shape index (κ1) is 14.4. The van der Waals surface area contributed by atoms with Crippen molar-refractivity contribution in [2.24, 2.45) is 0 Å². The molecule has 0 unspecified atom stereocenters. The van der Waals surface area contributed by atoms with Crippen LogP contribution in [0, 0.1) is 11.6 Å². The van der Waals surface area contributed by atoms with Gasteiger partial charge in [-0.25, -0.2) is 13.6 Å². The topological polar surface area (TPSA) is 52.3 Å². The van der Waals surface area contributed by atoms with Gasteiger partial charge in [-0.1, -0.05) is 26.2 Å². The van der Waals surface area contributed by atoms with Gasteiger partial charge in [0.05, 0.1) is 12.3 Å². The molecule has 0 aromatic heterocycles. The van der Waals surface area contributed by atoms with E-state index < -0.39 is 23.2 Å². The van der Waals surface area contributed by atoms with Crippen molar-refractivity contribution >= 4 is 11.7 Å². The number of benzene rings is 1. The van der Waals surface area contributed by atoms with Gasteiger partial charge in [-0.3, -0.25) is 0 Å². The highest BCUT2D eigenvalue weighted by atomic mass is 19.1. The Kier molecular flexibility index (Phi) is 5.55. The maximum atomic E-state index is 13.5. The highest BCUT2D eigenvalue weighted by Crippen LogP contribution is 2.19. The number of ether oxygens (including phenoxy) is 1. The van der Waals surface area contributed by atoms with Crippen LogP contribution >= 0.6 is 0 Å². The standard InChI is InChI=1S/C13H17F2NO2/c1-2-3-4-5-8-18-13(17)11-9(14)6-7-10(16)12(11)15/h6-7H,2-5,8,16H2,1H3. The van der Waals surface area contributed by atoms with Crippen molar-refractivity contribution in [3.63, 3.8) is 0 Å². The molecule has 18 heavy (non-hydrogen) atoms. The number of nitrogen functional groups attached to an aromatic ring is 1. The van der Waals surface area contributed by atoms with Crippen molar-refractivity contribution in [2.45, 2.75) is 32.6 Å². The summed E-state index contributed by atoms with van der Waals surface area (Å²) in [7, 11) is 0. The molecule has 0 saturated heterocycles. The van der Waals surface area contributed by atoms with Gasteiger partial charge in [0.2, 0.25) is 0 Å². The Balaban J connectivity index is 2.59. The number of carbonyl (C=O) groups excluding carboxylic acids is 1. The predicted octanol–water partition coefficient (Wildman–Crippen LogP) is 3.28. The highest BCUT2D eigenvalue weighted by molar-refractivity contribution is 5.91. The summed E-state index contributed by atoms with van der Waals surface area (Å²) in [5, 5.41) is 0. The third-order valence-electron chi connectivity index (χ3n) is 2.56. The molecule has 0 fully saturated rings. The van der Waals surface area contributed by atoms with Crippen molar-refractivity contribution in [1.29, 1.82) is 0 Å². The second-order valence-electron chi connectivity index (χ2n) is 4.02. The van der Waals surface area contributed by atoms with Crippen LogP contribution in [0.4, 0.5) is 14.5 Å². The maximum absolute atomic E-state index is 13.5. The second kappa shape index (κ2) is 6.93. The number of esters is 1. The zero-order chi connectivity index (χ0) is 13.5. The van der Waals surface area contributed by atoms with E-state index >= 15 is 0 Å². The molecule has 1 aromatic rings. The molecule has 0 radical (unpaired) electrons. The van der Waals surface area contributed by atoms with Crippen LogP contribution in [-0.2, 0) is 4.74 Å². The van der Waals surface area contributed by atoms with E-state index in [0.717, 1.165) is 31.4 Å². The number of hydrogen-bond donors (Lipinski definition) is 1. The molecule has 0 aliphatic carbocycles. The van der Waals surface area contributed by atoms with Crippen LogP contribution in [0.5, 0.6) is 0 Å². The summed E-state index contributed by atoms with van der Waals surface area (Å²) in [6, 6.07) is 2.02. The van der Waals surface area contributed by atoms with Crippen LogP contribution in [0.1, 0.15) is 43.0 Å². The van der Waals surface area contributed by atoms with E-state index in [9.17, 15) is 13.6 Å². The van der Waals surface area contributed by atoms with Gasteiger partial charge in [0, 0.05) is 0 Å². The molecule has 2 N–H and O–H groups in total. The first-order valence-corrected chi connectivity index (χ1v) is 5.98. The number of unbranched alkanes of at least 4 members (excludes halogenated alkanes) is 3. The lowest BCUT2D eigenvalue weighted by Crippen LogP contribution is -2.12. The monoisotopic (exact) mass is 257 g/mol. The van der Waals surface area contributed by atoms with Crippen LogP contribution in [0.2, 0.25) is 0 Å². The van der Waals surface area contributed by atoms with Crippen molar-refractivity contribution in [1.82, 2.24) is 0 Å². The molecule has 0 bridgehead atoms. The van der Waals surface area contributed by atoms with Gasteiger partial charge in [0.1, 0.15) is 11.4 Å². The van der Waals surface area contributed by atoms with E-state index in [1.165, 1.54) is 0 Å². The van der Waals surface area contributed by atoms with Crippen molar-refractivity contribution < 1.29 is 18.3 Å². The number of halogens is 2. The van der Waals surface area contributed by atoms with Gasteiger partial charge in [0.15, 0.2) is 5.82 Å². The van der Waals surface area contributed by atoms with Gasteiger partial charge in [-0.2, -0.15) is 0 Å². The van der Waals surface area contributed by atoms with Crippen LogP contribution in [-0.4, -0.2) is 12.6 Å². The molecule has 5 heteroatoms. The lowest BCUT2D eigenvalue weighted by atomic mass is 10.1. The lowest BCUT2D eigenvalue weighted by molar-refractivity contribution is 0.0487. The van der Waals surface area contributed by atoms with Gasteiger partial charge in [-0.05, 0) is 18.6 Å². The van der Waals surface area contributed by atoms with E-state index in [2.05, 4.69) is 6.92 Å². The third kappa shape index (κ3) is 3.68. The minimum Gasteiger partial charge on any atom is -0.462 e. The van der Waals surface area contributed by atoms with Crippen LogP contribution in [0.15, 0.2) is 12.1 Å². The molecule has 0 aliphatic heterocycles. The van der Waals surface area contributed by atoms with Crippen molar-refractivity contribution in [3.05, 3.63) is 29.3 Å². The van der Waals surface area contributed by atoms with Crippen molar-refractivity contribution in [2.75, 3.05) is 12.3 Å². The maximum Gasteiger partial charge on any atom is 0.344 e. The molecule has 0 heterocycles. The van der Waals surface area contributed by atoms with Crippen LogP contribution in [0.25, 0.3) is 0 Å².